The van der Waals surface area contributed by atoms with E-state index in [1.807, 2.05) is 43.3 Å². The molecule has 4 rings (SSSR count). The number of thioether (sulfide) groups is 1. The first kappa shape index (κ1) is 19.0. The van der Waals surface area contributed by atoms with E-state index in [-0.39, 0.29) is 24.3 Å². The Morgan fingerprint density at radius 3 is 2.68 bits per heavy atom. The monoisotopic (exact) mass is 413 g/mol. The van der Waals surface area contributed by atoms with Crippen LogP contribution in [-0.4, -0.2) is 33.2 Å². The van der Waals surface area contributed by atoms with Gasteiger partial charge in [0.2, 0.25) is 11.8 Å². The normalized spacial score (nSPS) is 20.6. The van der Waals surface area contributed by atoms with Crippen LogP contribution in [0.4, 0.5) is 11.4 Å². The van der Waals surface area contributed by atoms with Gasteiger partial charge in [0.1, 0.15) is 5.25 Å². The Morgan fingerprint density at radius 1 is 1.25 bits per heavy atom. The number of carbonyl (C=O) groups excluding carboxylic acids is 2. The molecule has 0 spiro atoms. The van der Waals surface area contributed by atoms with Crippen LogP contribution < -0.4 is 5.32 Å². The van der Waals surface area contributed by atoms with Crippen LogP contribution in [-0.2, 0) is 9.59 Å². The van der Waals surface area contributed by atoms with Gasteiger partial charge in [-0.3, -0.25) is 14.5 Å². The van der Waals surface area contributed by atoms with E-state index in [1.54, 1.807) is 17.0 Å². The highest BCUT2D eigenvalue weighted by atomic mass is 35.5. The predicted molar refractivity (Wildman–Crippen MR) is 114 cm³/mol. The van der Waals surface area contributed by atoms with E-state index in [9.17, 15) is 9.59 Å². The van der Waals surface area contributed by atoms with Crippen molar-refractivity contribution < 1.29 is 9.59 Å². The lowest BCUT2D eigenvalue weighted by molar-refractivity contribution is -0.128. The van der Waals surface area contributed by atoms with Crippen LogP contribution in [0.2, 0.25) is 5.02 Å². The van der Waals surface area contributed by atoms with Crippen LogP contribution in [0, 0.1) is 6.92 Å². The minimum atomic E-state index is -0.455. The van der Waals surface area contributed by atoms with E-state index in [0.717, 1.165) is 24.1 Å². The molecule has 1 aliphatic carbocycles. The Kier molecular flexibility index (Phi) is 5.42. The summed E-state index contributed by atoms with van der Waals surface area (Å²) in [6.07, 6.45) is 2.07. The number of halogens is 1. The molecular formula is C21H20ClN3O2S. The van der Waals surface area contributed by atoms with E-state index in [4.69, 9.17) is 11.6 Å². The van der Waals surface area contributed by atoms with E-state index >= 15 is 0 Å². The van der Waals surface area contributed by atoms with Gasteiger partial charge in [0.05, 0.1) is 5.69 Å². The Hall–Kier alpha value is -2.31. The molecule has 2 amide bonds. The van der Waals surface area contributed by atoms with Crippen molar-refractivity contribution in [3.05, 3.63) is 59.1 Å². The minimum absolute atomic E-state index is 0.0349. The molecule has 0 bridgehead atoms. The van der Waals surface area contributed by atoms with Gasteiger partial charge in [-0.2, -0.15) is 0 Å². The van der Waals surface area contributed by atoms with Gasteiger partial charge >= 0.3 is 0 Å². The number of rotatable bonds is 5. The van der Waals surface area contributed by atoms with Crippen molar-refractivity contribution in [3.8, 4) is 0 Å². The molecule has 1 aliphatic heterocycles. The summed E-state index contributed by atoms with van der Waals surface area (Å²) in [4.78, 5) is 31.7. The fourth-order valence-corrected chi connectivity index (χ4v) is 4.43. The van der Waals surface area contributed by atoms with E-state index in [0.29, 0.717) is 15.9 Å². The lowest BCUT2D eigenvalue weighted by atomic mass is 10.2. The fourth-order valence-electron chi connectivity index (χ4n) is 3.04. The third kappa shape index (κ3) is 4.39. The van der Waals surface area contributed by atoms with E-state index in [1.165, 1.54) is 11.8 Å². The maximum atomic E-state index is 12.9. The number of nitrogens with one attached hydrogen (secondary N) is 1. The van der Waals surface area contributed by atoms with Crippen molar-refractivity contribution >= 4 is 51.7 Å². The number of hydrogen-bond donors (Lipinski definition) is 1. The molecule has 0 unspecified atom stereocenters. The molecule has 5 nitrogen and oxygen atoms in total. The van der Waals surface area contributed by atoms with Gasteiger partial charge in [-0.1, -0.05) is 47.1 Å². The van der Waals surface area contributed by atoms with Crippen LogP contribution >= 0.6 is 23.4 Å². The number of nitrogens with zero attached hydrogens (tertiary/aromatic N) is 2. The molecule has 1 heterocycles. The number of amides is 2. The molecule has 1 saturated carbocycles. The number of benzene rings is 2. The Bertz CT molecular complexity index is 941. The highest BCUT2D eigenvalue weighted by Crippen LogP contribution is 2.39. The average Bonchev–Trinajstić information content (AvgIpc) is 3.43. The number of anilines is 1. The van der Waals surface area contributed by atoms with Gasteiger partial charge < -0.3 is 5.32 Å². The van der Waals surface area contributed by atoms with E-state index in [2.05, 4.69) is 10.3 Å². The largest absolute Gasteiger partial charge is 0.326 e. The second-order valence-electron chi connectivity index (χ2n) is 7.04. The van der Waals surface area contributed by atoms with Gasteiger partial charge in [0.15, 0.2) is 5.17 Å². The maximum absolute atomic E-state index is 12.9. The van der Waals surface area contributed by atoms with Crippen molar-refractivity contribution in [1.82, 2.24) is 4.90 Å². The van der Waals surface area contributed by atoms with Crippen LogP contribution in [0.15, 0.2) is 53.5 Å². The minimum Gasteiger partial charge on any atom is -0.326 e. The Morgan fingerprint density at radius 2 is 2.00 bits per heavy atom. The summed E-state index contributed by atoms with van der Waals surface area (Å²) in [5.74, 6) is -0.207. The second kappa shape index (κ2) is 7.97. The highest BCUT2D eigenvalue weighted by molar-refractivity contribution is 8.15. The van der Waals surface area contributed by atoms with Crippen molar-refractivity contribution in [2.24, 2.45) is 4.99 Å². The van der Waals surface area contributed by atoms with Crippen LogP contribution in [0.5, 0.6) is 0 Å². The average molecular weight is 414 g/mol. The molecule has 1 N–H and O–H groups in total. The molecule has 2 fully saturated rings. The first-order valence-corrected chi connectivity index (χ1v) is 10.5. The zero-order chi connectivity index (χ0) is 19.7. The van der Waals surface area contributed by atoms with Crippen molar-refractivity contribution in [2.75, 3.05) is 5.32 Å². The first-order valence-electron chi connectivity index (χ1n) is 9.20. The molecule has 0 radical (unpaired) electrons. The summed E-state index contributed by atoms with van der Waals surface area (Å²) in [5.41, 5.74) is 2.57. The summed E-state index contributed by atoms with van der Waals surface area (Å²) in [6.45, 7) is 1.99. The quantitative estimate of drug-likeness (QED) is 0.767. The van der Waals surface area contributed by atoms with Crippen LogP contribution in [0.25, 0.3) is 0 Å². The predicted octanol–water partition coefficient (Wildman–Crippen LogP) is 4.77. The van der Waals surface area contributed by atoms with Crippen molar-refractivity contribution in [3.63, 3.8) is 0 Å². The van der Waals surface area contributed by atoms with Crippen LogP contribution in [0.1, 0.15) is 24.8 Å². The number of aliphatic imine (C=N–C) groups is 1. The third-order valence-electron chi connectivity index (χ3n) is 4.62. The Labute approximate surface area is 173 Å². The zero-order valence-electron chi connectivity index (χ0n) is 15.4. The molecule has 1 atom stereocenters. The number of aryl methyl sites for hydroxylation is 1. The molecule has 2 aromatic rings. The SMILES string of the molecule is Cc1ccc(NC(=O)C[C@H]2SC(=Nc3cccc(Cl)c3)N(C3CC3)C2=O)cc1. The molecule has 28 heavy (non-hydrogen) atoms. The molecule has 0 aromatic heterocycles. The number of amidine groups is 1. The van der Waals surface area contributed by atoms with Crippen LogP contribution in [0.3, 0.4) is 0 Å². The summed E-state index contributed by atoms with van der Waals surface area (Å²) in [7, 11) is 0. The number of hydrogen-bond acceptors (Lipinski definition) is 4. The zero-order valence-corrected chi connectivity index (χ0v) is 17.0. The lowest BCUT2D eigenvalue weighted by Gasteiger charge is -2.15. The summed E-state index contributed by atoms with van der Waals surface area (Å²) < 4.78 is 0. The highest BCUT2D eigenvalue weighted by Gasteiger charge is 2.46. The molecule has 2 aliphatic rings. The third-order valence-corrected chi connectivity index (χ3v) is 6.00. The van der Waals surface area contributed by atoms with Gasteiger partial charge in [-0.15, -0.1) is 0 Å². The lowest BCUT2D eigenvalue weighted by Crippen LogP contribution is -2.35. The second-order valence-corrected chi connectivity index (χ2v) is 8.64. The van der Waals surface area contributed by atoms with Gasteiger partial charge in [0, 0.05) is 23.2 Å². The standard InChI is InChI=1S/C21H20ClN3O2S/c1-13-5-7-15(8-6-13)23-19(26)12-18-20(27)25(17-9-10-17)21(28-18)24-16-4-2-3-14(22)11-16/h2-8,11,17-18H,9-10,12H2,1H3,(H,23,26)/t18-/m1/s1. The molecule has 1 saturated heterocycles. The summed E-state index contributed by atoms with van der Waals surface area (Å²) in [5, 5.41) is 3.67. The van der Waals surface area contributed by atoms with Gasteiger partial charge in [-0.05, 0) is 50.1 Å². The van der Waals surface area contributed by atoms with Crippen molar-refractivity contribution in [2.45, 2.75) is 37.5 Å². The van der Waals surface area contributed by atoms with Gasteiger partial charge in [-0.25, -0.2) is 4.99 Å². The molecule has 144 valence electrons. The fraction of sp³-hybridized carbons (Fsp3) is 0.286. The maximum Gasteiger partial charge on any atom is 0.242 e. The Balaban J connectivity index is 1.48. The summed E-state index contributed by atoms with van der Waals surface area (Å²) in [6, 6.07) is 15.0. The summed E-state index contributed by atoms with van der Waals surface area (Å²) >= 11 is 7.40. The molecule has 7 heteroatoms. The first-order chi connectivity index (χ1) is 13.5. The topological polar surface area (TPSA) is 61.8 Å². The smallest absolute Gasteiger partial charge is 0.242 e. The van der Waals surface area contributed by atoms with E-state index < -0.39 is 5.25 Å². The van der Waals surface area contributed by atoms with Gasteiger partial charge in [0.25, 0.3) is 0 Å². The molecular weight excluding hydrogens is 394 g/mol. The van der Waals surface area contributed by atoms with Crippen molar-refractivity contribution in [1.29, 1.82) is 0 Å². The number of carbonyl (C=O) groups is 2. The molecule has 2 aromatic carbocycles.